The van der Waals surface area contributed by atoms with Gasteiger partial charge in [-0.05, 0) is 45.2 Å². The third-order valence-corrected chi connectivity index (χ3v) is 4.72. The van der Waals surface area contributed by atoms with Gasteiger partial charge in [-0.25, -0.2) is 9.78 Å². The van der Waals surface area contributed by atoms with E-state index in [1.54, 1.807) is 18.5 Å². The van der Waals surface area contributed by atoms with Crippen LogP contribution in [0.1, 0.15) is 66.0 Å². The molecule has 0 saturated heterocycles. The SMILES string of the molecule is Cc1ccc2nc(COC(=O)c3cnn(C(C)C)c3C3CC3)cc(=O)n2c1. The Morgan fingerprint density at radius 2 is 2.11 bits per heavy atom. The van der Waals surface area contributed by atoms with E-state index >= 15 is 0 Å². The Bertz CT molecular complexity index is 1080. The summed E-state index contributed by atoms with van der Waals surface area (Å²) in [6, 6.07) is 5.26. The normalized spacial score (nSPS) is 14.1. The van der Waals surface area contributed by atoms with E-state index in [1.165, 1.54) is 10.5 Å². The molecular weight excluding hydrogens is 344 g/mol. The standard InChI is InChI=1S/C20H22N4O3/c1-12(2)24-19(14-5-6-14)16(9-21-24)20(26)27-11-15-8-18(25)23-10-13(3)4-7-17(23)22-15/h4,7-10,12,14H,5-6,11H2,1-3H3. The van der Waals surface area contributed by atoms with Gasteiger partial charge in [-0.2, -0.15) is 5.10 Å². The summed E-state index contributed by atoms with van der Waals surface area (Å²) in [5, 5.41) is 4.36. The summed E-state index contributed by atoms with van der Waals surface area (Å²) in [4.78, 5) is 29.3. The monoisotopic (exact) mass is 366 g/mol. The number of fused-ring (bicyclic) bond motifs is 1. The van der Waals surface area contributed by atoms with Crippen molar-refractivity contribution in [3.63, 3.8) is 0 Å². The van der Waals surface area contributed by atoms with Gasteiger partial charge in [-0.1, -0.05) is 6.07 Å². The zero-order valence-corrected chi connectivity index (χ0v) is 15.7. The van der Waals surface area contributed by atoms with Crippen LogP contribution in [0, 0.1) is 6.92 Å². The molecule has 0 spiro atoms. The number of aryl methyl sites for hydroxylation is 1. The zero-order valence-electron chi connectivity index (χ0n) is 15.7. The Balaban J connectivity index is 1.56. The van der Waals surface area contributed by atoms with E-state index in [0.29, 0.717) is 22.8 Å². The van der Waals surface area contributed by atoms with Crippen molar-refractivity contribution in [3.8, 4) is 0 Å². The van der Waals surface area contributed by atoms with Crippen LogP contribution in [0.4, 0.5) is 0 Å². The molecule has 27 heavy (non-hydrogen) atoms. The van der Waals surface area contributed by atoms with E-state index in [9.17, 15) is 9.59 Å². The lowest BCUT2D eigenvalue weighted by Gasteiger charge is -2.12. The number of hydrogen-bond acceptors (Lipinski definition) is 5. The number of ether oxygens (including phenoxy) is 1. The van der Waals surface area contributed by atoms with Crippen molar-refractivity contribution in [3.05, 3.63) is 63.5 Å². The summed E-state index contributed by atoms with van der Waals surface area (Å²) in [6.45, 7) is 5.95. The fraction of sp³-hybridized carbons (Fsp3) is 0.400. The van der Waals surface area contributed by atoms with Crippen LogP contribution in [0.25, 0.3) is 5.65 Å². The second-order valence-corrected chi connectivity index (χ2v) is 7.35. The molecule has 3 heterocycles. The lowest BCUT2D eigenvalue weighted by Crippen LogP contribution is -2.17. The predicted molar refractivity (Wildman–Crippen MR) is 99.9 cm³/mol. The summed E-state index contributed by atoms with van der Waals surface area (Å²) in [5.41, 5.74) is 3.21. The van der Waals surface area contributed by atoms with Crippen LogP contribution in [0.3, 0.4) is 0 Å². The highest BCUT2D eigenvalue weighted by molar-refractivity contribution is 5.90. The molecule has 0 radical (unpaired) electrons. The molecule has 0 amide bonds. The number of hydrogen-bond donors (Lipinski definition) is 0. The third-order valence-electron chi connectivity index (χ3n) is 4.72. The lowest BCUT2D eigenvalue weighted by atomic mass is 10.1. The van der Waals surface area contributed by atoms with Crippen LogP contribution < -0.4 is 5.56 Å². The number of carbonyl (C=O) groups is 1. The highest BCUT2D eigenvalue weighted by Crippen LogP contribution is 2.42. The van der Waals surface area contributed by atoms with Crippen LogP contribution in [0.15, 0.2) is 35.4 Å². The number of carbonyl (C=O) groups excluding carboxylic acids is 1. The molecular formula is C20H22N4O3. The number of nitrogens with zero attached hydrogens (tertiary/aromatic N) is 4. The van der Waals surface area contributed by atoms with Crippen molar-refractivity contribution < 1.29 is 9.53 Å². The van der Waals surface area contributed by atoms with Gasteiger partial charge in [0.15, 0.2) is 0 Å². The molecule has 7 nitrogen and oxygen atoms in total. The molecule has 140 valence electrons. The summed E-state index contributed by atoms with van der Waals surface area (Å²) in [7, 11) is 0. The summed E-state index contributed by atoms with van der Waals surface area (Å²) in [5.74, 6) is -0.0427. The molecule has 0 aromatic carbocycles. The van der Waals surface area contributed by atoms with Crippen molar-refractivity contribution in [2.45, 2.75) is 52.2 Å². The molecule has 3 aromatic heterocycles. The average molecular weight is 366 g/mol. The second-order valence-electron chi connectivity index (χ2n) is 7.35. The van der Waals surface area contributed by atoms with Crippen LogP contribution in [-0.4, -0.2) is 25.1 Å². The van der Waals surface area contributed by atoms with Gasteiger partial charge < -0.3 is 4.74 Å². The highest BCUT2D eigenvalue weighted by Gasteiger charge is 2.33. The topological polar surface area (TPSA) is 78.5 Å². The van der Waals surface area contributed by atoms with Gasteiger partial charge in [0.2, 0.25) is 0 Å². The molecule has 1 aliphatic carbocycles. The zero-order chi connectivity index (χ0) is 19.1. The maximum atomic E-state index is 12.6. The van der Waals surface area contributed by atoms with Gasteiger partial charge in [0.1, 0.15) is 17.8 Å². The first-order valence-electron chi connectivity index (χ1n) is 9.17. The van der Waals surface area contributed by atoms with Crippen molar-refractivity contribution in [1.82, 2.24) is 19.2 Å². The summed E-state index contributed by atoms with van der Waals surface area (Å²) in [6.07, 6.45) is 5.46. The van der Waals surface area contributed by atoms with E-state index in [4.69, 9.17) is 4.74 Å². The molecule has 0 aliphatic heterocycles. The Labute approximate surface area is 156 Å². The van der Waals surface area contributed by atoms with Gasteiger partial charge in [-0.15, -0.1) is 0 Å². The maximum Gasteiger partial charge on any atom is 0.342 e. The van der Waals surface area contributed by atoms with Gasteiger partial charge in [-0.3, -0.25) is 13.9 Å². The quantitative estimate of drug-likeness (QED) is 0.649. The molecule has 1 saturated carbocycles. The van der Waals surface area contributed by atoms with E-state index in [1.807, 2.05) is 31.5 Å². The number of rotatable bonds is 5. The van der Waals surface area contributed by atoms with E-state index in [0.717, 1.165) is 24.1 Å². The molecule has 7 heteroatoms. The van der Waals surface area contributed by atoms with Crippen LogP contribution >= 0.6 is 0 Å². The maximum absolute atomic E-state index is 12.6. The minimum atomic E-state index is -0.422. The first-order chi connectivity index (χ1) is 12.9. The van der Waals surface area contributed by atoms with Gasteiger partial charge >= 0.3 is 5.97 Å². The van der Waals surface area contributed by atoms with E-state index < -0.39 is 5.97 Å². The molecule has 1 fully saturated rings. The molecule has 3 aromatic rings. The smallest absolute Gasteiger partial charge is 0.342 e. The number of esters is 1. The van der Waals surface area contributed by atoms with Crippen molar-refractivity contribution in [1.29, 1.82) is 0 Å². The van der Waals surface area contributed by atoms with Gasteiger partial charge in [0, 0.05) is 24.2 Å². The van der Waals surface area contributed by atoms with E-state index in [-0.39, 0.29) is 18.2 Å². The van der Waals surface area contributed by atoms with Gasteiger partial charge in [0.25, 0.3) is 5.56 Å². The van der Waals surface area contributed by atoms with Crippen LogP contribution in [-0.2, 0) is 11.3 Å². The van der Waals surface area contributed by atoms with Crippen molar-refractivity contribution in [2.24, 2.45) is 0 Å². The first-order valence-corrected chi connectivity index (χ1v) is 9.17. The van der Waals surface area contributed by atoms with Crippen molar-refractivity contribution in [2.75, 3.05) is 0 Å². The highest BCUT2D eigenvalue weighted by atomic mass is 16.5. The fourth-order valence-electron chi connectivity index (χ4n) is 3.25. The molecule has 0 bridgehead atoms. The van der Waals surface area contributed by atoms with Crippen molar-refractivity contribution >= 4 is 11.6 Å². The molecule has 0 N–H and O–H groups in total. The number of pyridine rings is 1. The molecule has 0 unspecified atom stereocenters. The summed E-state index contributed by atoms with van der Waals surface area (Å²) < 4.78 is 8.84. The van der Waals surface area contributed by atoms with E-state index in [2.05, 4.69) is 10.1 Å². The Morgan fingerprint density at radius 1 is 1.33 bits per heavy atom. The average Bonchev–Trinajstić information content (AvgIpc) is 3.37. The largest absolute Gasteiger partial charge is 0.455 e. The summed E-state index contributed by atoms with van der Waals surface area (Å²) >= 11 is 0. The molecule has 4 rings (SSSR count). The minimum absolute atomic E-state index is 0.0462. The Hall–Kier alpha value is -2.96. The predicted octanol–water partition coefficient (Wildman–Crippen LogP) is 3.01. The second kappa shape index (κ2) is 6.64. The first kappa shape index (κ1) is 17.5. The van der Waals surface area contributed by atoms with Crippen LogP contribution in [0.5, 0.6) is 0 Å². The minimum Gasteiger partial charge on any atom is -0.455 e. The third kappa shape index (κ3) is 3.37. The molecule has 0 atom stereocenters. The molecule has 1 aliphatic rings. The lowest BCUT2D eigenvalue weighted by molar-refractivity contribution is 0.0466. The Kier molecular flexibility index (Phi) is 4.30. The van der Waals surface area contributed by atoms with Crippen LogP contribution in [0.2, 0.25) is 0 Å². The fourth-order valence-corrected chi connectivity index (χ4v) is 3.25. The Morgan fingerprint density at radius 3 is 2.81 bits per heavy atom. The van der Waals surface area contributed by atoms with Gasteiger partial charge in [0.05, 0.1) is 17.6 Å². The number of aromatic nitrogens is 4.